The Morgan fingerprint density at radius 3 is 2.83 bits per heavy atom. The number of nitrogens with two attached hydrogens (primary N) is 1. The van der Waals surface area contributed by atoms with Gasteiger partial charge in [0.1, 0.15) is 0 Å². The van der Waals surface area contributed by atoms with Crippen molar-refractivity contribution in [1.29, 1.82) is 0 Å². The topological polar surface area (TPSA) is 59.2 Å². The van der Waals surface area contributed by atoms with Gasteiger partial charge in [0.25, 0.3) is 0 Å². The summed E-state index contributed by atoms with van der Waals surface area (Å²) >= 11 is 1.76. The number of thiazole rings is 1. The summed E-state index contributed by atoms with van der Waals surface area (Å²) in [6.07, 6.45) is 5.63. The normalized spacial score (nSPS) is 17.2. The number of benzene rings is 1. The van der Waals surface area contributed by atoms with E-state index >= 15 is 0 Å². The average molecular weight is 390 g/mol. The summed E-state index contributed by atoms with van der Waals surface area (Å²) in [4.78, 5) is 18.7. The van der Waals surface area contributed by atoms with Gasteiger partial charge >= 0.3 is 0 Å². The highest BCUT2D eigenvalue weighted by molar-refractivity contribution is 7.18. The molecular weight excluding hydrogens is 365 g/mol. The Bertz CT molecular complexity index is 617. The van der Waals surface area contributed by atoms with Crippen LogP contribution in [0.4, 0.5) is 0 Å². The molecule has 0 saturated carbocycles. The van der Waals surface area contributed by atoms with E-state index in [0.717, 1.165) is 50.7 Å². The van der Waals surface area contributed by atoms with Gasteiger partial charge in [0.2, 0.25) is 5.91 Å². The summed E-state index contributed by atoms with van der Waals surface area (Å²) in [7, 11) is 0. The van der Waals surface area contributed by atoms with Gasteiger partial charge in [-0.1, -0.05) is 12.1 Å². The lowest BCUT2D eigenvalue weighted by molar-refractivity contribution is -0.132. The summed E-state index contributed by atoms with van der Waals surface area (Å²) in [6, 6.07) is 8.40. The highest BCUT2D eigenvalue weighted by atomic mass is 35.5. The monoisotopic (exact) mass is 389 g/mol. The van der Waals surface area contributed by atoms with E-state index in [-0.39, 0.29) is 36.8 Å². The molecule has 1 atom stereocenters. The Morgan fingerprint density at radius 2 is 2.08 bits per heavy atom. The fraction of sp³-hybridized carbons (Fsp3) is 0.529. The van der Waals surface area contributed by atoms with E-state index in [1.165, 1.54) is 9.71 Å². The van der Waals surface area contributed by atoms with Gasteiger partial charge in [0.15, 0.2) is 0 Å². The van der Waals surface area contributed by atoms with Crippen LogP contribution in [0.15, 0.2) is 24.3 Å². The Labute approximate surface area is 159 Å². The van der Waals surface area contributed by atoms with Gasteiger partial charge < -0.3 is 10.6 Å². The first-order chi connectivity index (χ1) is 10.7. The van der Waals surface area contributed by atoms with Crippen molar-refractivity contribution in [3.05, 3.63) is 29.3 Å². The minimum atomic E-state index is 0. The molecule has 24 heavy (non-hydrogen) atoms. The van der Waals surface area contributed by atoms with Gasteiger partial charge in [-0.15, -0.1) is 36.2 Å². The third-order valence-electron chi connectivity index (χ3n) is 4.18. The maximum atomic E-state index is 12.2. The lowest BCUT2D eigenvalue weighted by atomic mass is 10.1. The summed E-state index contributed by atoms with van der Waals surface area (Å²) in [5.74, 6) is 0.263. The van der Waals surface area contributed by atoms with Crippen molar-refractivity contribution in [3.63, 3.8) is 0 Å². The lowest BCUT2D eigenvalue weighted by Crippen LogP contribution is -2.45. The number of hydrogen-bond acceptors (Lipinski definition) is 4. The van der Waals surface area contributed by atoms with Crippen molar-refractivity contribution in [1.82, 2.24) is 9.88 Å². The van der Waals surface area contributed by atoms with Crippen LogP contribution >= 0.6 is 36.2 Å². The Hall–Kier alpha value is -0.880. The molecule has 4 nitrogen and oxygen atoms in total. The molecule has 1 aromatic carbocycles. The molecule has 1 unspecified atom stereocenters. The van der Waals surface area contributed by atoms with Crippen molar-refractivity contribution >= 4 is 52.3 Å². The molecule has 1 aliphatic heterocycles. The second-order valence-electron chi connectivity index (χ2n) is 6.02. The molecule has 0 spiro atoms. The zero-order valence-corrected chi connectivity index (χ0v) is 16.1. The molecule has 1 aromatic heterocycles. The lowest BCUT2D eigenvalue weighted by Gasteiger charge is -2.30. The predicted octanol–water partition coefficient (Wildman–Crippen LogP) is 3.80. The quantitative estimate of drug-likeness (QED) is 0.790. The molecule has 2 N–H and O–H groups in total. The fourth-order valence-electron chi connectivity index (χ4n) is 2.97. The van der Waals surface area contributed by atoms with Gasteiger partial charge in [-0.3, -0.25) is 4.79 Å². The molecule has 3 rings (SSSR count). The van der Waals surface area contributed by atoms with E-state index in [9.17, 15) is 4.79 Å². The van der Waals surface area contributed by atoms with Gasteiger partial charge in [-0.25, -0.2) is 4.98 Å². The molecule has 2 heterocycles. The van der Waals surface area contributed by atoms with Crippen molar-refractivity contribution in [2.75, 3.05) is 13.1 Å². The first-order valence-corrected chi connectivity index (χ1v) is 8.92. The summed E-state index contributed by atoms with van der Waals surface area (Å²) in [5.41, 5.74) is 7.01. The van der Waals surface area contributed by atoms with Crippen LogP contribution in [0.25, 0.3) is 10.2 Å². The molecule has 1 aliphatic rings. The molecule has 134 valence electrons. The number of likely N-dealkylation sites (tertiary alicyclic amines) is 1. The van der Waals surface area contributed by atoms with E-state index in [4.69, 9.17) is 5.73 Å². The number of unbranched alkanes of at least 4 members (excludes halogenated alkanes) is 1. The number of nitrogens with zero attached hydrogens (tertiary/aromatic N) is 2. The first kappa shape index (κ1) is 21.2. The smallest absolute Gasteiger partial charge is 0.222 e. The Kier molecular flexibility index (Phi) is 8.98. The number of aryl methyl sites for hydroxylation is 1. The number of fused-ring (bicyclic) bond motifs is 1. The highest BCUT2D eigenvalue weighted by Gasteiger charge is 2.20. The van der Waals surface area contributed by atoms with Gasteiger partial charge in [-0.05, 0) is 44.2 Å². The average Bonchev–Trinajstić information content (AvgIpc) is 2.94. The second-order valence-corrected chi connectivity index (χ2v) is 7.14. The Morgan fingerprint density at radius 1 is 1.29 bits per heavy atom. The van der Waals surface area contributed by atoms with Crippen molar-refractivity contribution in [2.45, 2.75) is 44.6 Å². The molecule has 1 amide bonds. The standard InChI is InChI=1S/C17H23N3OS.2ClH/c18-13-6-5-11-20(12-13)17(21)10-4-3-9-16-19-14-7-1-2-8-15(14)22-16;;/h1-2,7-8,13H,3-6,9-12,18H2;2*1H. The number of hydrogen-bond donors (Lipinski definition) is 1. The maximum Gasteiger partial charge on any atom is 0.222 e. The summed E-state index contributed by atoms with van der Waals surface area (Å²) in [5, 5.41) is 1.17. The third kappa shape index (κ3) is 5.59. The van der Waals surface area contributed by atoms with E-state index < -0.39 is 0 Å². The number of halogens is 2. The number of carbonyl (C=O) groups is 1. The van der Waals surface area contributed by atoms with Gasteiger partial charge in [0, 0.05) is 25.6 Å². The molecule has 7 heteroatoms. The minimum Gasteiger partial charge on any atom is -0.341 e. The Balaban J connectivity index is 0.00000144. The van der Waals surface area contributed by atoms with Crippen molar-refractivity contribution in [3.8, 4) is 0 Å². The van der Waals surface area contributed by atoms with Crippen LogP contribution in [0.2, 0.25) is 0 Å². The van der Waals surface area contributed by atoms with Crippen LogP contribution in [0, 0.1) is 0 Å². The number of aromatic nitrogens is 1. The number of piperidine rings is 1. The molecule has 2 aromatic rings. The molecule has 0 bridgehead atoms. The third-order valence-corrected chi connectivity index (χ3v) is 5.28. The van der Waals surface area contributed by atoms with Gasteiger partial charge in [-0.2, -0.15) is 0 Å². The predicted molar refractivity (Wildman–Crippen MR) is 105 cm³/mol. The van der Waals surface area contributed by atoms with Crippen molar-refractivity contribution in [2.24, 2.45) is 5.73 Å². The van der Waals surface area contributed by atoms with E-state index in [1.54, 1.807) is 11.3 Å². The highest BCUT2D eigenvalue weighted by Crippen LogP contribution is 2.23. The van der Waals surface area contributed by atoms with E-state index in [2.05, 4.69) is 17.1 Å². The summed E-state index contributed by atoms with van der Waals surface area (Å²) < 4.78 is 1.25. The zero-order valence-electron chi connectivity index (χ0n) is 13.6. The fourth-order valence-corrected chi connectivity index (χ4v) is 3.98. The van der Waals surface area contributed by atoms with Crippen LogP contribution in [-0.4, -0.2) is 34.9 Å². The second kappa shape index (κ2) is 10.2. The number of amides is 1. The van der Waals surface area contributed by atoms with Crippen LogP contribution in [-0.2, 0) is 11.2 Å². The van der Waals surface area contributed by atoms with Crippen LogP contribution in [0.1, 0.15) is 37.1 Å². The number of para-hydroxylation sites is 1. The zero-order chi connectivity index (χ0) is 15.4. The SMILES string of the molecule is Cl.Cl.NC1CCCN(C(=O)CCCCc2nc3ccccc3s2)C1. The molecule has 0 radical (unpaired) electrons. The minimum absolute atomic E-state index is 0. The molecule has 0 aliphatic carbocycles. The van der Waals surface area contributed by atoms with Crippen LogP contribution in [0.5, 0.6) is 0 Å². The first-order valence-electron chi connectivity index (χ1n) is 8.10. The van der Waals surface area contributed by atoms with Crippen LogP contribution in [0.3, 0.4) is 0 Å². The maximum absolute atomic E-state index is 12.2. The van der Waals surface area contributed by atoms with E-state index in [1.807, 2.05) is 17.0 Å². The summed E-state index contributed by atoms with van der Waals surface area (Å²) in [6.45, 7) is 1.61. The molecule has 1 saturated heterocycles. The molecule has 1 fully saturated rings. The van der Waals surface area contributed by atoms with Crippen LogP contribution < -0.4 is 5.73 Å². The number of carbonyl (C=O) groups excluding carboxylic acids is 1. The van der Waals surface area contributed by atoms with Crippen molar-refractivity contribution < 1.29 is 4.79 Å². The largest absolute Gasteiger partial charge is 0.341 e. The number of rotatable bonds is 5. The molecular formula is C17H25Cl2N3OS. The van der Waals surface area contributed by atoms with E-state index in [0.29, 0.717) is 6.42 Å². The van der Waals surface area contributed by atoms with Gasteiger partial charge in [0.05, 0.1) is 15.2 Å².